The summed E-state index contributed by atoms with van der Waals surface area (Å²) in [5, 5.41) is 4.29. The van der Waals surface area contributed by atoms with Gasteiger partial charge < -0.3 is 5.32 Å². The van der Waals surface area contributed by atoms with Gasteiger partial charge in [-0.15, -0.1) is 0 Å². The van der Waals surface area contributed by atoms with Crippen LogP contribution in [0.2, 0.25) is 5.02 Å². The van der Waals surface area contributed by atoms with Gasteiger partial charge in [0.15, 0.2) is 0 Å². The number of hydrogen-bond acceptors (Lipinski definition) is 1. The lowest BCUT2D eigenvalue weighted by Gasteiger charge is -2.22. The summed E-state index contributed by atoms with van der Waals surface area (Å²) in [6.45, 7) is 2.35. The van der Waals surface area contributed by atoms with E-state index < -0.39 is 0 Å². The first-order valence-electron chi connectivity index (χ1n) is 5.30. The summed E-state index contributed by atoms with van der Waals surface area (Å²) in [5.41, 5.74) is 1.37. The molecule has 2 rings (SSSR count). The van der Waals surface area contributed by atoms with Crippen LogP contribution in [0.5, 0.6) is 0 Å². The van der Waals surface area contributed by atoms with Crippen LogP contribution in [0, 0.1) is 5.92 Å². The van der Waals surface area contributed by atoms with Crippen molar-refractivity contribution in [3.63, 3.8) is 0 Å². The molecule has 1 heterocycles. The van der Waals surface area contributed by atoms with Crippen LogP contribution in [0.25, 0.3) is 0 Å². The summed E-state index contributed by atoms with van der Waals surface area (Å²) in [7, 11) is 0. The second-order valence-electron chi connectivity index (χ2n) is 4.05. The zero-order chi connectivity index (χ0) is 9.80. The summed E-state index contributed by atoms with van der Waals surface area (Å²) >= 11 is 5.95. The molecule has 1 nitrogen and oxygen atoms in total. The van der Waals surface area contributed by atoms with Gasteiger partial charge in [-0.25, -0.2) is 0 Å². The number of benzene rings is 1. The van der Waals surface area contributed by atoms with E-state index in [1.807, 2.05) is 12.1 Å². The highest BCUT2D eigenvalue weighted by Gasteiger charge is 2.13. The third-order valence-corrected chi connectivity index (χ3v) is 3.05. The van der Waals surface area contributed by atoms with E-state index in [-0.39, 0.29) is 0 Å². The van der Waals surface area contributed by atoms with Gasteiger partial charge in [-0.05, 0) is 56.0 Å². The first-order chi connectivity index (χ1) is 6.84. The van der Waals surface area contributed by atoms with Crippen molar-refractivity contribution < 1.29 is 0 Å². The Labute approximate surface area is 90.5 Å². The van der Waals surface area contributed by atoms with Gasteiger partial charge in [-0.1, -0.05) is 23.7 Å². The fourth-order valence-electron chi connectivity index (χ4n) is 2.10. The van der Waals surface area contributed by atoms with Crippen LogP contribution in [0.4, 0.5) is 0 Å². The van der Waals surface area contributed by atoms with Crippen LogP contribution in [0.3, 0.4) is 0 Å². The standard InChI is InChI=1S/C12H16ClN/c13-12-5-1-3-10(8-12)7-11-4-2-6-14-9-11/h1,3,5,8,11,14H,2,4,6-7,9H2/t11-/m1/s1. The van der Waals surface area contributed by atoms with Crippen molar-refractivity contribution >= 4 is 11.6 Å². The van der Waals surface area contributed by atoms with E-state index in [1.54, 1.807) is 0 Å². The lowest BCUT2D eigenvalue weighted by molar-refractivity contribution is 0.376. The minimum Gasteiger partial charge on any atom is -0.316 e. The Morgan fingerprint density at radius 2 is 2.36 bits per heavy atom. The summed E-state index contributed by atoms with van der Waals surface area (Å²) in [6, 6.07) is 8.22. The maximum atomic E-state index is 5.95. The van der Waals surface area contributed by atoms with Crippen molar-refractivity contribution in [2.45, 2.75) is 19.3 Å². The van der Waals surface area contributed by atoms with E-state index in [0.717, 1.165) is 23.9 Å². The molecule has 0 saturated carbocycles. The lowest BCUT2D eigenvalue weighted by atomic mass is 9.92. The van der Waals surface area contributed by atoms with Crippen molar-refractivity contribution in [1.29, 1.82) is 0 Å². The molecule has 1 saturated heterocycles. The Kier molecular flexibility index (Phi) is 3.44. The van der Waals surface area contributed by atoms with Gasteiger partial charge in [0.1, 0.15) is 0 Å². The third kappa shape index (κ3) is 2.73. The number of halogens is 1. The molecule has 1 aromatic carbocycles. The first kappa shape index (κ1) is 10.0. The third-order valence-electron chi connectivity index (χ3n) is 2.81. The number of hydrogen-bond donors (Lipinski definition) is 1. The second kappa shape index (κ2) is 4.81. The average molecular weight is 210 g/mol. The van der Waals surface area contributed by atoms with Gasteiger partial charge in [0, 0.05) is 5.02 Å². The summed E-state index contributed by atoms with van der Waals surface area (Å²) in [6.07, 6.45) is 3.82. The van der Waals surface area contributed by atoms with Crippen molar-refractivity contribution in [2.24, 2.45) is 5.92 Å². The van der Waals surface area contributed by atoms with Crippen LogP contribution < -0.4 is 5.32 Å². The van der Waals surface area contributed by atoms with Crippen molar-refractivity contribution in [3.05, 3.63) is 34.9 Å². The van der Waals surface area contributed by atoms with Crippen molar-refractivity contribution in [1.82, 2.24) is 5.32 Å². The molecule has 1 N–H and O–H groups in total. The monoisotopic (exact) mass is 209 g/mol. The van der Waals surface area contributed by atoms with Gasteiger partial charge in [0.25, 0.3) is 0 Å². The van der Waals surface area contributed by atoms with E-state index >= 15 is 0 Å². The summed E-state index contributed by atoms with van der Waals surface area (Å²) in [5.74, 6) is 0.794. The molecule has 14 heavy (non-hydrogen) atoms. The highest BCUT2D eigenvalue weighted by molar-refractivity contribution is 6.30. The molecule has 0 unspecified atom stereocenters. The van der Waals surface area contributed by atoms with E-state index in [4.69, 9.17) is 11.6 Å². The van der Waals surface area contributed by atoms with E-state index in [1.165, 1.54) is 24.9 Å². The summed E-state index contributed by atoms with van der Waals surface area (Å²) in [4.78, 5) is 0. The normalized spacial score (nSPS) is 22.2. The fraction of sp³-hybridized carbons (Fsp3) is 0.500. The zero-order valence-electron chi connectivity index (χ0n) is 8.30. The smallest absolute Gasteiger partial charge is 0.0408 e. The predicted molar refractivity (Wildman–Crippen MR) is 60.7 cm³/mol. The molecule has 1 fully saturated rings. The minimum atomic E-state index is 0.794. The predicted octanol–water partition coefficient (Wildman–Crippen LogP) is 2.88. The minimum absolute atomic E-state index is 0.794. The molecule has 2 heteroatoms. The number of nitrogens with one attached hydrogen (secondary N) is 1. The summed E-state index contributed by atoms with van der Waals surface area (Å²) < 4.78 is 0. The molecule has 76 valence electrons. The van der Waals surface area contributed by atoms with E-state index in [9.17, 15) is 0 Å². The molecular weight excluding hydrogens is 194 g/mol. The lowest BCUT2D eigenvalue weighted by Crippen LogP contribution is -2.30. The Balaban J connectivity index is 1.95. The zero-order valence-corrected chi connectivity index (χ0v) is 9.06. The van der Waals surface area contributed by atoms with Gasteiger partial charge in [0.2, 0.25) is 0 Å². The molecule has 0 radical (unpaired) electrons. The van der Waals surface area contributed by atoms with Crippen LogP contribution in [0.1, 0.15) is 18.4 Å². The molecular formula is C12H16ClN. The molecule has 1 aliphatic rings. The maximum Gasteiger partial charge on any atom is 0.0408 e. The Morgan fingerprint density at radius 3 is 3.07 bits per heavy atom. The quantitative estimate of drug-likeness (QED) is 0.790. The molecule has 1 aliphatic heterocycles. The molecule has 0 aromatic heterocycles. The van der Waals surface area contributed by atoms with E-state index in [0.29, 0.717) is 0 Å². The van der Waals surface area contributed by atoms with Gasteiger partial charge in [0.05, 0.1) is 0 Å². The van der Waals surface area contributed by atoms with Crippen molar-refractivity contribution in [2.75, 3.05) is 13.1 Å². The molecule has 0 aliphatic carbocycles. The van der Waals surface area contributed by atoms with Gasteiger partial charge >= 0.3 is 0 Å². The first-order valence-corrected chi connectivity index (χ1v) is 5.67. The Hall–Kier alpha value is -0.530. The van der Waals surface area contributed by atoms with Crippen LogP contribution in [-0.4, -0.2) is 13.1 Å². The van der Waals surface area contributed by atoms with Gasteiger partial charge in [-0.2, -0.15) is 0 Å². The van der Waals surface area contributed by atoms with Gasteiger partial charge in [-0.3, -0.25) is 0 Å². The maximum absolute atomic E-state index is 5.95. The Bertz CT molecular complexity index is 292. The van der Waals surface area contributed by atoms with E-state index in [2.05, 4.69) is 17.4 Å². The average Bonchev–Trinajstić information content (AvgIpc) is 2.19. The van der Waals surface area contributed by atoms with Crippen LogP contribution in [-0.2, 0) is 6.42 Å². The molecule has 0 bridgehead atoms. The topological polar surface area (TPSA) is 12.0 Å². The molecule has 1 atom stereocenters. The highest BCUT2D eigenvalue weighted by atomic mass is 35.5. The Morgan fingerprint density at radius 1 is 1.43 bits per heavy atom. The molecule has 0 spiro atoms. The fourth-order valence-corrected chi connectivity index (χ4v) is 2.31. The molecule has 1 aromatic rings. The largest absolute Gasteiger partial charge is 0.316 e. The SMILES string of the molecule is Clc1cccc(C[C@H]2CCCNC2)c1. The molecule has 0 amide bonds. The number of rotatable bonds is 2. The second-order valence-corrected chi connectivity index (χ2v) is 4.48. The highest BCUT2D eigenvalue weighted by Crippen LogP contribution is 2.18. The van der Waals surface area contributed by atoms with Crippen LogP contribution in [0.15, 0.2) is 24.3 Å². The van der Waals surface area contributed by atoms with Crippen molar-refractivity contribution in [3.8, 4) is 0 Å². The number of piperidine rings is 1. The van der Waals surface area contributed by atoms with Crippen LogP contribution >= 0.6 is 11.6 Å².